The molecule has 0 amide bonds. The fraction of sp³-hybridized carbons (Fsp3) is 0.267. The summed E-state index contributed by atoms with van der Waals surface area (Å²) in [6.07, 6.45) is 1.60. The molecule has 1 fully saturated rings. The molecule has 4 aromatic rings. The second kappa shape index (κ2) is 10.3. The van der Waals surface area contributed by atoms with Crippen LogP contribution >= 0.6 is 0 Å². The molecule has 1 aliphatic carbocycles. The zero-order chi connectivity index (χ0) is 23.3. The van der Waals surface area contributed by atoms with E-state index in [1.165, 1.54) is 22.1 Å². The van der Waals surface area contributed by atoms with Gasteiger partial charge < -0.3 is 19.9 Å². The first-order valence-electron chi connectivity index (χ1n) is 12.0. The van der Waals surface area contributed by atoms with E-state index in [4.69, 9.17) is 9.47 Å². The minimum absolute atomic E-state index is 0.0974. The Balaban J connectivity index is 1.45. The van der Waals surface area contributed by atoms with Crippen LogP contribution in [0.2, 0.25) is 0 Å². The smallest absolute Gasteiger partial charge is 0.127 e. The van der Waals surface area contributed by atoms with Crippen LogP contribution in [0.3, 0.4) is 0 Å². The molecule has 0 saturated heterocycles. The van der Waals surface area contributed by atoms with Gasteiger partial charge in [0.2, 0.25) is 0 Å². The molecule has 1 aliphatic rings. The largest absolute Gasteiger partial charge is 0.497 e. The Morgan fingerprint density at radius 1 is 0.853 bits per heavy atom. The Bertz CT molecular complexity index is 1220. The third kappa shape index (κ3) is 4.93. The van der Waals surface area contributed by atoms with Crippen molar-refractivity contribution in [2.75, 3.05) is 20.3 Å². The molecule has 4 nitrogen and oxygen atoms in total. The van der Waals surface area contributed by atoms with Crippen LogP contribution in [0.5, 0.6) is 11.5 Å². The van der Waals surface area contributed by atoms with Crippen molar-refractivity contribution < 1.29 is 14.6 Å². The van der Waals surface area contributed by atoms with E-state index in [0.717, 1.165) is 36.3 Å². The first kappa shape index (κ1) is 22.5. The van der Waals surface area contributed by atoms with Gasteiger partial charge in [-0.1, -0.05) is 72.8 Å². The summed E-state index contributed by atoms with van der Waals surface area (Å²) in [5, 5.41) is 15.1. The highest BCUT2D eigenvalue weighted by atomic mass is 16.5. The summed E-state index contributed by atoms with van der Waals surface area (Å²) in [7, 11) is 1.70. The number of rotatable bonds is 10. The predicted octanol–water partition coefficient (Wildman–Crippen LogP) is 5.52. The summed E-state index contributed by atoms with van der Waals surface area (Å²) in [4.78, 5) is 0. The lowest BCUT2D eigenvalue weighted by molar-refractivity contribution is 0.261. The third-order valence-corrected chi connectivity index (χ3v) is 6.55. The molecular weight excluding hydrogens is 422 g/mol. The quantitative estimate of drug-likeness (QED) is 0.245. The van der Waals surface area contributed by atoms with Crippen LogP contribution in [-0.4, -0.2) is 37.5 Å². The summed E-state index contributed by atoms with van der Waals surface area (Å²) in [6.45, 7) is 1.49. The van der Waals surface area contributed by atoms with Crippen LogP contribution in [0.4, 0.5) is 0 Å². The Hall–Kier alpha value is -3.34. The molecule has 0 aliphatic heterocycles. The zero-order valence-electron chi connectivity index (χ0n) is 19.5. The predicted molar refractivity (Wildman–Crippen MR) is 137 cm³/mol. The first-order valence-corrected chi connectivity index (χ1v) is 12.0. The number of aliphatic hydroxyl groups excluding tert-OH is 1. The van der Waals surface area contributed by atoms with Gasteiger partial charge in [-0.3, -0.25) is 0 Å². The monoisotopic (exact) mass is 453 g/mol. The maximum absolute atomic E-state index is 9.44. The van der Waals surface area contributed by atoms with E-state index in [9.17, 15) is 5.11 Å². The van der Waals surface area contributed by atoms with Gasteiger partial charge in [-0.05, 0) is 59.7 Å². The van der Waals surface area contributed by atoms with E-state index in [1.54, 1.807) is 7.11 Å². The molecule has 4 aromatic carbocycles. The highest BCUT2D eigenvalue weighted by molar-refractivity contribution is 5.92. The molecule has 0 spiro atoms. The fourth-order valence-corrected chi connectivity index (χ4v) is 4.61. The van der Waals surface area contributed by atoms with Gasteiger partial charge in [0.25, 0.3) is 0 Å². The van der Waals surface area contributed by atoms with Crippen molar-refractivity contribution in [3.8, 4) is 11.5 Å². The summed E-state index contributed by atoms with van der Waals surface area (Å²) >= 11 is 0. The van der Waals surface area contributed by atoms with Gasteiger partial charge in [-0.25, -0.2) is 0 Å². The van der Waals surface area contributed by atoms with Gasteiger partial charge in [0.05, 0.1) is 19.8 Å². The van der Waals surface area contributed by atoms with Crippen LogP contribution in [0, 0.1) is 0 Å². The molecule has 1 saturated carbocycles. The van der Waals surface area contributed by atoms with Crippen LogP contribution < -0.4 is 14.8 Å². The second-order valence-electron chi connectivity index (χ2n) is 8.88. The van der Waals surface area contributed by atoms with Crippen LogP contribution in [0.1, 0.15) is 35.4 Å². The Morgan fingerprint density at radius 2 is 1.53 bits per heavy atom. The second-order valence-corrected chi connectivity index (χ2v) is 8.88. The van der Waals surface area contributed by atoms with Crippen molar-refractivity contribution in [1.29, 1.82) is 0 Å². The van der Waals surface area contributed by atoms with E-state index in [-0.39, 0.29) is 18.1 Å². The lowest BCUT2D eigenvalue weighted by Crippen LogP contribution is -2.22. The number of ether oxygens (including phenoxy) is 2. The number of fused-ring (bicyclic) bond motifs is 1. The lowest BCUT2D eigenvalue weighted by atomic mass is 9.82. The minimum atomic E-state index is -0.166. The van der Waals surface area contributed by atoms with Crippen LogP contribution in [0.15, 0.2) is 91.0 Å². The van der Waals surface area contributed by atoms with Gasteiger partial charge >= 0.3 is 0 Å². The van der Waals surface area contributed by atoms with Gasteiger partial charge in [0, 0.05) is 17.3 Å². The molecule has 3 atom stereocenters. The Kier molecular flexibility index (Phi) is 6.79. The van der Waals surface area contributed by atoms with E-state index in [1.807, 2.05) is 12.1 Å². The summed E-state index contributed by atoms with van der Waals surface area (Å²) in [5.74, 6) is 1.86. The van der Waals surface area contributed by atoms with Crippen molar-refractivity contribution in [2.45, 2.75) is 30.9 Å². The maximum atomic E-state index is 9.44. The maximum Gasteiger partial charge on any atom is 0.127 e. The van der Waals surface area contributed by atoms with Crippen molar-refractivity contribution in [1.82, 2.24) is 5.32 Å². The van der Waals surface area contributed by atoms with E-state index >= 15 is 0 Å². The number of aliphatic hydroxyl groups is 1. The number of methoxy groups -OCH3 is 1. The van der Waals surface area contributed by atoms with E-state index < -0.39 is 0 Å². The van der Waals surface area contributed by atoms with E-state index in [2.05, 4.69) is 84.2 Å². The topological polar surface area (TPSA) is 50.7 Å². The first-order chi connectivity index (χ1) is 16.7. The zero-order valence-corrected chi connectivity index (χ0v) is 19.5. The van der Waals surface area contributed by atoms with Crippen molar-refractivity contribution >= 4 is 10.8 Å². The Morgan fingerprint density at radius 3 is 2.24 bits per heavy atom. The summed E-state index contributed by atoms with van der Waals surface area (Å²) in [6, 6.07) is 32.1. The van der Waals surface area contributed by atoms with Crippen molar-refractivity contribution in [2.24, 2.45) is 0 Å². The number of hydrogen-bond donors (Lipinski definition) is 2. The molecule has 174 valence electrons. The van der Waals surface area contributed by atoms with Crippen molar-refractivity contribution in [3.05, 3.63) is 108 Å². The molecule has 0 aromatic heterocycles. The molecule has 0 radical (unpaired) electrons. The van der Waals surface area contributed by atoms with Crippen LogP contribution in [-0.2, 0) is 0 Å². The average Bonchev–Trinajstić information content (AvgIpc) is 3.60. The minimum Gasteiger partial charge on any atom is -0.497 e. The van der Waals surface area contributed by atoms with Gasteiger partial charge in [-0.2, -0.15) is 0 Å². The molecule has 2 N–H and O–H groups in total. The highest BCUT2D eigenvalue weighted by Gasteiger charge is 2.34. The van der Waals surface area contributed by atoms with Gasteiger partial charge in [0.15, 0.2) is 0 Å². The molecule has 4 heteroatoms. The SMILES string of the molecule is COc1ccc(C(c2ccccc2)c2ccc(OCCCNC3CC3O)c3ccccc23)cc1. The molecule has 5 rings (SSSR count). The van der Waals surface area contributed by atoms with E-state index in [0.29, 0.717) is 6.61 Å². The molecule has 3 unspecified atom stereocenters. The molecule has 0 bridgehead atoms. The molecular formula is C30H31NO3. The fourth-order valence-electron chi connectivity index (χ4n) is 4.61. The average molecular weight is 454 g/mol. The highest BCUT2D eigenvalue weighted by Crippen LogP contribution is 2.39. The van der Waals surface area contributed by atoms with Crippen LogP contribution in [0.25, 0.3) is 10.8 Å². The summed E-state index contributed by atoms with van der Waals surface area (Å²) < 4.78 is 11.6. The lowest BCUT2D eigenvalue weighted by Gasteiger charge is -2.22. The summed E-state index contributed by atoms with van der Waals surface area (Å²) in [5.41, 5.74) is 3.72. The number of hydrogen-bond acceptors (Lipinski definition) is 4. The standard InChI is InChI=1S/C30H31NO3/c1-33-23-14-12-22(13-15-23)30(21-8-3-2-4-9-21)26-16-17-29(25-11-6-5-10-24(25)26)34-19-7-18-31-27-20-28(27)32/h2-6,8-17,27-28,30-32H,7,18-20H2,1H3. The Labute approximate surface area is 201 Å². The normalized spacial score (nSPS) is 17.9. The van der Waals surface area contributed by atoms with Gasteiger partial charge in [0.1, 0.15) is 11.5 Å². The van der Waals surface area contributed by atoms with Gasteiger partial charge in [-0.15, -0.1) is 0 Å². The third-order valence-electron chi connectivity index (χ3n) is 6.55. The number of benzene rings is 4. The van der Waals surface area contributed by atoms with Crippen molar-refractivity contribution in [3.63, 3.8) is 0 Å². The molecule has 0 heterocycles. The molecule has 34 heavy (non-hydrogen) atoms. The number of nitrogens with one attached hydrogen (secondary N) is 1.